The molecule has 2 aromatic carbocycles. The van der Waals surface area contributed by atoms with Crippen LogP contribution in [-0.2, 0) is 4.79 Å². The third kappa shape index (κ3) is 4.07. The van der Waals surface area contributed by atoms with E-state index in [0.29, 0.717) is 41.4 Å². The van der Waals surface area contributed by atoms with Gasteiger partial charge in [0.15, 0.2) is 17.3 Å². The van der Waals surface area contributed by atoms with Crippen LogP contribution >= 0.6 is 27.7 Å². The summed E-state index contributed by atoms with van der Waals surface area (Å²) in [7, 11) is 0. The van der Waals surface area contributed by atoms with Crippen molar-refractivity contribution in [3.63, 3.8) is 0 Å². The number of ether oxygens (including phenoxy) is 2. The second-order valence-corrected chi connectivity index (χ2v) is 7.74. The second-order valence-electron chi connectivity index (χ2n) is 5.88. The molecule has 0 fully saturated rings. The van der Waals surface area contributed by atoms with Gasteiger partial charge in [-0.3, -0.25) is 4.79 Å². The normalized spacial score (nSPS) is 12.6. The van der Waals surface area contributed by atoms with E-state index >= 15 is 0 Å². The number of hydrogen-bond acceptors (Lipinski definition) is 7. The van der Waals surface area contributed by atoms with Crippen molar-refractivity contribution in [3.05, 3.63) is 46.9 Å². The van der Waals surface area contributed by atoms with Gasteiger partial charge in [0.25, 0.3) is 0 Å². The Hall–Kier alpha value is -2.72. The number of rotatable bonds is 5. The number of anilines is 1. The lowest BCUT2D eigenvalue weighted by Crippen LogP contribution is -2.18. The number of benzene rings is 2. The lowest BCUT2D eigenvalue weighted by molar-refractivity contribution is -0.113. The van der Waals surface area contributed by atoms with Gasteiger partial charge in [0, 0.05) is 21.8 Å². The summed E-state index contributed by atoms with van der Waals surface area (Å²) in [5.74, 6) is 7.87. The van der Waals surface area contributed by atoms with E-state index in [1.54, 1.807) is 18.2 Å². The van der Waals surface area contributed by atoms with Crippen molar-refractivity contribution in [2.75, 3.05) is 30.1 Å². The number of nitrogens with zero attached hydrogens (tertiary/aromatic N) is 3. The maximum absolute atomic E-state index is 12.3. The Balaban J connectivity index is 1.38. The number of carbonyl (C=O) groups is 1. The minimum atomic E-state index is -0.185. The summed E-state index contributed by atoms with van der Waals surface area (Å²) in [5, 5.41) is 11.5. The first-order chi connectivity index (χ1) is 13.6. The third-order valence-electron chi connectivity index (χ3n) is 3.93. The van der Waals surface area contributed by atoms with Crippen LogP contribution in [0.1, 0.15) is 0 Å². The van der Waals surface area contributed by atoms with Crippen molar-refractivity contribution in [2.24, 2.45) is 0 Å². The van der Waals surface area contributed by atoms with E-state index in [-0.39, 0.29) is 11.7 Å². The molecule has 1 aromatic heterocycles. The lowest BCUT2D eigenvalue weighted by atomic mass is 10.2. The zero-order chi connectivity index (χ0) is 19.5. The summed E-state index contributed by atoms with van der Waals surface area (Å²) in [6.07, 6.45) is 0. The average Bonchev–Trinajstić information content (AvgIpc) is 3.07. The Morgan fingerprint density at radius 1 is 1.14 bits per heavy atom. The summed E-state index contributed by atoms with van der Waals surface area (Å²) >= 11 is 4.60. The van der Waals surface area contributed by atoms with E-state index in [2.05, 4.69) is 31.4 Å². The first-order valence-corrected chi connectivity index (χ1v) is 10.2. The molecule has 0 saturated heterocycles. The van der Waals surface area contributed by atoms with Crippen LogP contribution in [0, 0.1) is 0 Å². The highest BCUT2D eigenvalue weighted by atomic mass is 79.9. The number of amides is 1. The van der Waals surface area contributed by atoms with Crippen LogP contribution in [0.25, 0.3) is 11.4 Å². The zero-order valence-corrected chi connectivity index (χ0v) is 17.0. The molecule has 0 aliphatic carbocycles. The van der Waals surface area contributed by atoms with Crippen LogP contribution in [-0.4, -0.2) is 39.7 Å². The quantitative estimate of drug-likeness (QED) is 0.444. The SMILES string of the molecule is Nn1c(SCC(=O)Nc2ccc3c(c2)OCCO3)nnc1-c1ccc(Br)cc1. The number of carbonyl (C=O) groups excluding carboxylic acids is 1. The van der Waals surface area contributed by atoms with E-state index in [0.717, 1.165) is 10.0 Å². The molecule has 0 bridgehead atoms. The van der Waals surface area contributed by atoms with Gasteiger partial charge < -0.3 is 20.6 Å². The largest absolute Gasteiger partial charge is 0.486 e. The number of halogens is 1. The van der Waals surface area contributed by atoms with Crippen molar-refractivity contribution in [1.29, 1.82) is 0 Å². The summed E-state index contributed by atoms with van der Waals surface area (Å²) in [6, 6.07) is 12.9. The molecule has 1 aliphatic heterocycles. The highest BCUT2D eigenvalue weighted by molar-refractivity contribution is 9.10. The fourth-order valence-corrected chi connectivity index (χ4v) is 3.54. The molecule has 0 saturated carbocycles. The van der Waals surface area contributed by atoms with Crippen molar-refractivity contribution in [1.82, 2.24) is 14.9 Å². The van der Waals surface area contributed by atoms with Gasteiger partial charge in [-0.15, -0.1) is 10.2 Å². The van der Waals surface area contributed by atoms with Gasteiger partial charge in [-0.25, -0.2) is 4.68 Å². The molecule has 10 heteroatoms. The molecule has 1 amide bonds. The first kappa shape index (κ1) is 18.6. The fraction of sp³-hybridized carbons (Fsp3) is 0.167. The van der Waals surface area contributed by atoms with E-state index in [9.17, 15) is 4.79 Å². The maximum Gasteiger partial charge on any atom is 0.234 e. The summed E-state index contributed by atoms with van der Waals surface area (Å²) in [5.41, 5.74) is 1.48. The summed E-state index contributed by atoms with van der Waals surface area (Å²) in [4.78, 5) is 12.3. The molecule has 144 valence electrons. The molecule has 0 radical (unpaired) electrons. The fourth-order valence-electron chi connectivity index (χ4n) is 2.62. The van der Waals surface area contributed by atoms with Gasteiger partial charge in [0.2, 0.25) is 11.1 Å². The molecule has 0 atom stereocenters. The highest BCUT2D eigenvalue weighted by Crippen LogP contribution is 2.32. The standard InChI is InChI=1S/C18H16BrN5O3S/c19-12-3-1-11(2-4-12)17-22-23-18(24(17)20)28-10-16(25)21-13-5-6-14-15(9-13)27-8-7-26-14/h1-6,9H,7-8,10,20H2,(H,21,25). The van der Waals surface area contributed by atoms with Crippen LogP contribution in [0.3, 0.4) is 0 Å². The molecule has 8 nitrogen and oxygen atoms in total. The van der Waals surface area contributed by atoms with Crippen LogP contribution in [0.2, 0.25) is 0 Å². The zero-order valence-electron chi connectivity index (χ0n) is 14.6. The number of aromatic nitrogens is 3. The molecule has 3 aromatic rings. The molecule has 1 aliphatic rings. The highest BCUT2D eigenvalue weighted by Gasteiger charge is 2.15. The third-order valence-corrected chi connectivity index (χ3v) is 5.40. The number of fused-ring (bicyclic) bond motifs is 1. The maximum atomic E-state index is 12.3. The molecule has 0 spiro atoms. The van der Waals surface area contributed by atoms with Crippen molar-refractivity contribution in [2.45, 2.75) is 5.16 Å². The predicted octanol–water partition coefficient (Wildman–Crippen LogP) is 2.92. The monoisotopic (exact) mass is 461 g/mol. The molecular formula is C18H16BrN5O3S. The average molecular weight is 462 g/mol. The number of nitrogens with one attached hydrogen (secondary N) is 1. The molecule has 4 rings (SSSR count). The van der Waals surface area contributed by atoms with Gasteiger partial charge in [0.1, 0.15) is 13.2 Å². The van der Waals surface area contributed by atoms with E-state index in [4.69, 9.17) is 15.3 Å². The van der Waals surface area contributed by atoms with Gasteiger partial charge in [0.05, 0.1) is 5.75 Å². The number of hydrogen-bond donors (Lipinski definition) is 2. The topological polar surface area (TPSA) is 104 Å². The Morgan fingerprint density at radius 3 is 2.68 bits per heavy atom. The van der Waals surface area contributed by atoms with Crippen molar-refractivity contribution < 1.29 is 14.3 Å². The minimum Gasteiger partial charge on any atom is -0.486 e. The smallest absolute Gasteiger partial charge is 0.234 e. The van der Waals surface area contributed by atoms with Crippen LogP contribution < -0.4 is 20.6 Å². The number of nitrogens with two attached hydrogens (primary N) is 1. The van der Waals surface area contributed by atoms with Gasteiger partial charge in [-0.2, -0.15) is 0 Å². The lowest BCUT2D eigenvalue weighted by Gasteiger charge is -2.18. The first-order valence-electron chi connectivity index (χ1n) is 8.39. The molecule has 3 N–H and O–H groups in total. The Kier molecular flexibility index (Phi) is 5.40. The number of thioether (sulfide) groups is 1. The Bertz CT molecular complexity index is 1010. The van der Waals surface area contributed by atoms with Gasteiger partial charge in [-0.1, -0.05) is 39.8 Å². The Labute approximate surface area is 173 Å². The summed E-state index contributed by atoms with van der Waals surface area (Å²) in [6.45, 7) is 1.02. The Morgan fingerprint density at radius 2 is 1.89 bits per heavy atom. The number of nitrogen functional groups attached to an aromatic ring is 1. The van der Waals surface area contributed by atoms with Crippen LogP contribution in [0.15, 0.2) is 52.1 Å². The predicted molar refractivity (Wildman–Crippen MR) is 110 cm³/mol. The molecule has 28 heavy (non-hydrogen) atoms. The van der Waals surface area contributed by atoms with Gasteiger partial charge in [-0.05, 0) is 24.3 Å². The molecule has 0 unspecified atom stereocenters. The summed E-state index contributed by atoms with van der Waals surface area (Å²) < 4.78 is 13.3. The minimum absolute atomic E-state index is 0.143. The second kappa shape index (κ2) is 8.11. The van der Waals surface area contributed by atoms with E-state index in [1.165, 1.54) is 16.4 Å². The van der Waals surface area contributed by atoms with Crippen LogP contribution in [0.5, 0.6) is 11.5 Å². The van der Waals surface area contributed by atoms with E-state index < -0.39 is 0 Å². The van der Waals surface area contributed by atoms with Crippen molar-refractivity contribution >= 4 is 39.3 Å². The van der Waals surface area contributed by atoms with Crippen LogP contribution in [0.4, 0.5) is 5.69 Å². The molecular weight excluding hydrogens is 446 g/mol. The van der Waals surface area contributed by atoms with Gasteiger partial charge >= 0.3 is 0 Å². The van der Waals surface area contributed by atoms with Crippen molar-refractivity contribution in [3.8, 4) is 22.9 Å². The van der Waals surface area contributed by atoms with E-state index in [1.807, 2.05) is 24.3 Å². The molecule has 2 heterocycles.